The van der Waals surface area contributed by atoms with E-state index in [9.17, 15) is 13.2 Å². The number of benzene rings is 2. The normalized spacial score (nSPS) is 13.2. The molecule has 0 atom stereocenters. The van der Waals surface area contributed by atoms with Gasteiger partial charge in [0.25, 0.3) is 5.91 Å². The number of nitrogens with one attached hydrogen (secondary N) is 1. The number of sulfone groups is 1. The van der Waals surface area contributed by atoms with Crippen LogP contribution in [-0.2, 0) is 9.84 Å². The van der Waals surface area contributed by atoms with Gasteiger partial charge in [-0.15, -0.1) is 11.3 Å². The molecule has 2 aromatic carbocycles. The summed E-state index contributed by atoms with van der Waals surface area (Å²) >= 11 is 1.25. The van der Waals surface area contributed by atoms with Crippen LogP contribution in [0.2, 0.25) is 0 Å². The second-order valence-corrected chi connectivity index (χ2v) is 8.96. The first-order valence-electron chi connectivity index (χ1n) is 8.38. The minimum Gasteiger partial charge on any atom is -0.486 e. The zero-order valence-corrected chi connectivity index (χ0v) is 16.5. The standard InChI is InChI=1S/C19H16N2O5S2/c1-28(23,24)17-5-3-2-4-13(17)18(22)21-19-20-14(11-27-19)12-6-7-15-16(10-12)26-9-8-25-15/h2-7,10-11H,8-9H2,1H3,(H,20,21,22). The monoisotopic (exact) mass is 416 g/mol. The molecule has 0 bridgehead atoms. The van der Waals surface area contributed by atoms with Crippen LogP contribution in [-0.4, -0.2) is 38.8 Å². The quantitative estimate of drug-likeness (QED) is 0.702. The van der Waals surface area contributed by atoms with Gasteiger partial charge in [0.1, 0.15) is 13.2 Å². The Bertz CT molecular complexity index is 1150. The molecule has 0 radical (unpaired) electrons. The van der Waals surface area contributed by atoms with Crippen LogP contribution >= 0.6 is 11.3 Å². The average molecular weight is 416 g/mol. The van der Waals surface area contributed by atoms with Gasteiger partial charge in [0.15, 0.2) is 26.5 Å². The van der Waals surface area contributed by atoms with Crippen LogP contribution in [0.5, 0.6) is 11.5 Å². The molecule has 7 nitrogen and oxygen atoms in total. The number of thiazole rings is 1. The number of amides is 1. The predicted octanol–water partition coefficient (Wildman–Crippen LogP) is 3.24. The van der Waals surface area contributed by atoms with E-state index in [4.69, 9.17) is 9.47 Å². The van der Waals surface area contributed by atoms with Crippen molar-refractivity contribution in [1.82, 2.24) is 4.98 Å². The summed E-state index contributed by atoms with van der Waals surface area (Å²) < 4.78 is 34.9. The highest BCUT2D eigenvalue weighted by Crippen LogP contribution is 2.35. The van der Waals surface area contributed by atoms with Gasteiger partial charge in [-0.1, -0.05) is 12.1 Å². The van der Waals surface area contributed by atoms with E-state index in [1.54, 1.807) is 12.1 Å². The molecule has 1 N–H and O–H groups in total. The molecule has 144 valence electrons. The molecule has 2 heterocycles. The topological polar surface area (TPSA) is 94.6 Å². The average Bonchev–Trinajstić information content (AvgIpc) is 3.15. The maximum Gasteiger partial charge on any atom is 0.258 e. The number of fused-ring (bicyclic) bond motifs is 1. The van der Waals surface area contributed by atoms with E-state index < -0.39 is 15.7 Å². The summed E-state index contributed by atoms with van der Waals surface area (Å²) in [4.78, 5) is 17.0. The Kier molecular flexibility index (Phi) is 4.78. The molecule has 0 saturated carbocycles. The summed E-state index contributed by atoms with van der Waals surface area (Å²) in [6.07, 6.45) is 1.07. The minimum atomic E-state index is -3.52. The lowest BCUT2D eigenvalue weighted by Gasteiger charge is -2.18. The second-order valence-electron chi connectivity index (χ2n) is 6.12. The van der Waals surface area contributed by atoms with E-state index in [1.807, 2.05) is 23.6 Å². The Morgan fingerprint density at radius 3 is 2.64 bits per heavy atom. The van der Waals surface area contributed by atoms with Gasteiger partial charge in [-0.3, -0.25) is 10.1 Å². The van der Waals surface area contributed by atoms with Gasteiger partial charge in [-0.05, 0) is 30.3 Å². The zero-order chi connectivity index (χ0) is 19.7. The molecule has 0 spiro atoms. The maximum absolute atomic E-state index is 12.6. The SMILES string of the molecule is CS(=O)(=O)c1ccccc1C(=O)Nc1nc(-c2ccc3c(c2)OCCO3)cs1. The number of hydrogen-bond donors (Lipinski definition) is 1. The van der Waals surface area contributed by atoms with Crippen molar-refractivity contribution in [1.29, 1.82) is 0 Å². The van der Waals surface area contributed by atoms with E-state index in [-0.39, 0.29) is 10.5 Å². The first-order chi connectivity index (χ1) is 13.4. The Labute approximate surface area is 165 Å². The first-order valence-corrected chi connectivity index (χ1v) is 11.1. The highest BCUT2D eigenvalue weighted by molar-refractivity contribution is 7.90. The number of aromatic nitrogens is 1. The number of ether oxygens (including phenoxy) is 2. The summed E-state index contributed by atoms with van der Waals surface area (Å²) in [7, 11) is -3.52. The van der Waals surface area contributed by atoms with E-state index in [2.05, 4.69) is 10.3 Å². The molecular weight excluding hydrogens is 400 g/mol. The highest BCUT2D eigenvalue weighted by atomic mass is 32.2. The third kappa shape index (κ3) is 3.71. The summed E-state index contributed by atoms with van der Waals surface area (Å²) in [6, 6.07) is 11.6. The first kappa shape index (κ1) is 18.5. The van der Waals surface area contributed by atoms with Crippen molar-refractivity contribution in [3.63, 3.8) is 0 Å². The van der Waals surface area contributed by atoms with Crippen molar-refractivity contribution in [2.45, 2.75) is 4.90 Å². The van der Waals surface area contributed by atoms with Crippen molar-refractivity contribution in [3.8, 4) is 22.8 Å². The molecule has 9 heteroatoms. The zero-order valence-electron chi connectivity index (χ0n) is 14.8. The number of rotatable bonds is 4. The lowest BCUT2D eigenvalue weighted by molar-refractivity contribution is 0.102. The number of anilines is 1. The van der Waals surface area contributed by atoms with Crippen LogP contribution in [0.1, 0.15) is 10.4 Å². The minimum absolute atomic E-state index is 0.0175. The van der Waals surface area contributed by atoms with Crippen molar-refractivity contribution >= 4 is 32.2 Å². The van der Waals surface area contributed by atoms with Gasteiger partial charge >= 0.3 is 0 Å². The molecule has 0 unspecified atom stereocenters. The van der Waals surface area contributed by atoms with E-state index in [1.165, 1.54) is 23.5 Å². The third-order valence-corrected chi connectivity index (χ3v) is 6.01. The van der Waals surface area contributed by atoms with Gasteiger partial charge < -0.3 is 9.47 Å². The molecule has 1 aliphatic heterocycles. The maximum atomic E-state index is 12.6. The molecular formula is C19H16N2O5S2. The van der Waals surface area contributed by atoms with Crippen LogP contribution < -0.4 is 14.8 Å². The Hall–Kier alpha value is -2.91. The van der Waals surface area contributed by atoms with Crippen LogP contribution in [0.3, 0.4) is 0 Å². The molecule has 0 saturated heterocycles. The van der Waals surface area contributed by atoms with Gasteiger partial charge in [0, 0.05) is 17.2 Å². The predicted molar refractivity (Wildman–Crippen MR) is 106 cm³/mol. The van der Waals surface area contributed by atoms with Crippen LogP contribution in [0, 0.1) is 0 Å². The van der Waals surface area contributed by atoms with Gasteiger partial charge in [0.05, 0.1) is 16.2 Å². The van der Waals surface area contributed by atoms with E-state index in [0.717, 1.165) is 11.8 Å². The molecule has 4 rings (SSSR count). The summed E-state index contributed by atoms with van der Waals surface area (Å²) in [5.41, 5.74) is 1.59. The molecule has 0 fully saturated rings. The molecule has 3 aromatic rings. The van der Waals surface area contributed by atoms with Crippen molar-refractivity contribution in [2.75, 3.05) is 24.8 Å². The molecule has 1 aliphatic rings. The molecule has 0 aliphatic carbocycles. The summed E-state index contributed by atoms with van der Waals surface area (Å²) in [6.45, 7) is 1.02. The Morgan fingerprint density at radius 2 is 1.86 bits per heavy atom. The molecule has 28 heavy (non-hydrogen) atoms. The lowest BCUT2D eigenvalue weighted by Crippen LogP contribution is -2.16. The number of hydrogen-bond acceptors (Lipinski definition) is 7. The molecule has 1 aromatic heterocycles. The van der Waals surface area contributed by atoms with Gasteiger partial charge in [-0.25, -0.2) is 13.4 Å². The van der Waals surface area contributed by atoms with Crippen molar-refractivity contribution < 1.29 is 22.7 Å². The van der Waals surface area contributed by atoms with Crippen LogP contribution in [0.25, 0.3) is 11.3 Å². The smallest absolute Gasteiger partial charge is 0.258 e. The lowest BCUT2D eigenvalue weighted by atomic mass is 10.1. The number of nitrogens with zero attached hydrogens (tertiary/aromatic N) is 1. The Morgan fingerprint density at radius 1 is 1.11 bits per heavy atom. The second kappa shape index (κ2) is 7.25. The van der Waals surface area contributed by atoms with Crippen molar-refractivity contribution in [2.24, 2.45) is 0 Å². The van der Waals surface area contributed by atoms with E-state index >= 15 is 0 Å². The van der Waals surface area contributed by atoms with E-state index in [0.29, 0.717) is 35.5 Å². The van der Waals surface area contributed by atoms with Crippen LogP contribution in [0.15, 0.2) is 52.7 Å². The van der Waals surface area contributed by atoms with Gasteiger partial charge in [0.2, 0.25) is 0 Å². The highest BCUT2D eigenvalue weighted by Gasteiger charge is 2.19. The van der Waals surface area contributed by atoms with Crippen molar-refractivity contribution in [3.05, 3.63) is 53.4 Å². The van der Waals surface area contributed by atoms with Gasteiger partial charge in [-0.2, -0.15) is 0 Å². The fourth-order valence-electron chi connectivity index (χ4n) is 2.81. The third-order valence-electron chi connectivity index (χ3n) is 4.09. The number of carbonyl (C=O) groups excluding carboxylic acids is 1. The molecule has 1 amide bonds. The summed E-state index contributed by atoms with van der Waals surface area (Å²) in [5.74, 6) is 0.824. The fourth-order valence-corrected chi connectivity index (χ4v) is 4.41. The Balaban J connectivity index is 1.57. The summed E-state index contributed by atoms with van der Waals surface area (Å²) in [5, 5.41) is 4.85. The number of carbonyl (C=O) groups is 1. The van der Waals surface area contributed by atoms with Crippen LogP contribution in [0.4, 0.5) is 5.13 Å². The fraction of sp³-hybridized carbons (Fsp3) is 0.158. The largest absolute Gasteiger partial charge is 0.486 e.